The Morgan fingerprint density at radius 1 is 1.33 bits per heavy atom. The van der Waals surface area contributed by atoms with E-state index in [0.717, 1.165) is 0 Å². The normalized spacial score (nSPS) is 9.92. The standard InChI is InChI=1S/C8H8O4/c9-5-6-3-1-2-4-7(6)12-8(10)11/h1-5,8,10-11H. The molecule has 4 heteroatoms. The Labute approximate surface area is 69.0 Å². The van der Waals surface area contributed by atoms with Crippen LogP contribution in [0.2, 0.25) is 0 Å². The highest BCUT2D eigenvalue weighted by Crippen LogP contribution is 2.15. The second-order valence-corrected chi connectivity index (χ2v) is 2.10. The third-order valence-electron chi connectivity index (χ3n) is 1.28. The van der Waals surface area contributed by atoms with Gasteiger partial charge in [0.05, 0.1) is 5.56 Å². The number of ether oxygens (including phenoxy) is 1. The Kier molecular flexibility index (Phi) is 2.79. The molecule has 0 radical (unpaired) electrons. The molecule has 2 N–H and O–H groups in total. The van der Waals surface area contributed by atoms with Crippen LogP contribution >= 0.6 is 0 Å². The van der Waals surface area contributed by atoms with Gasteiger partial charge in [0.15, 0.2) is 6.29 Å². The molecule has 1 aromatic carbocycles. The van der Waals surface area contributed by atoms with Crippen molar-refractivity contribution in [3.05, 3.63) is 29.8 Å². The van der Waals surface area contributed by atoms with Gasteiger partial charge in [-0.3, -0.25) is 4.79 Å². The van der Waals surface area contributed by atoms with Gasteiger partial charge in [0.1, 0.15) is 5.75 Å². The SMILES string of the molecule is O=Cc1ccccc1OC(O)O. The molecule has 64 valence electrons. The van der Waals surface area contributed by atoms with Crippen LogP contribution in [0.15, 0.2) is 24.3 Å². The lowest BCUT2D eigenvalue weighted by molar-refractivity contribution is -0.179. The molecule has 4 nitrogen and oxygen atoms in total. The molecule has 0 amide bonds. The van der Waals surface area contributed by atoms with Crippen LogP contribution in [0.5, 0.6) is 5.75 Å². The monoisotopic (exact) mass is 168 g/mol. The molecule has 0 atom stereocenters. The molecule has 0 aliphatic heterocycles. The first-order valence-electron chi connectivity index (χ1n) is 3.31. The second kappa shape index (κ2) is 3.85. The Balaban J connectivity index is 2.89. The molecule has 12 heavy (non-hydrogen) atoms. The van der Waals surface area contributed by atoms with Crippen molar-refractivity contribution < 1.29 is 19.7 Å². The maximum atomic E-state index is 10.4. The van der Waals surface area contributed by atoms with Crippen molar-refractivity contribution in [1.82, 2.24) is 0 Å². The fraction of sp³-hybridized carbons (Fsp3) is 0.125. The summed E-state index contributed by atoms with van der Waals surface area (Å²) in [6.07, 6.45) is 0.581. The van der Waals surface area contributed by atoms with Crippen molar-refractivity contribution >= 4 is 6.29 Å². The van der Waals surface area contributed by atoms with E-state index >= 15 is 0 Å². The summed E-state index contributed by atoms with van der Waals surface area (Å²) in [5.74, 6) is 0.155. The van der Waals surface area contributed by atoms with E-state index in [9.17, 15) is 4.79 Å². The molecule has 0 fully saturated rings. The van der Waals surface area contributed by atoms with E-state index in [4.69, 9.17) is 10.2 Å². The molecule has 0 saturated heterocycles. The van der Waals surface area contributed by atoms with Gasteiger partial charge < -0.3 is 14.9 Å². The van der Waals surface area contributed by atoms with Crippen molar-refractivity contribution in [2.45, 2.75) is 6.48 Å². The summed E-state index contributed by atoms with van der Waals surface area (Å²) in [4.78, 5) is 10.4. The zero-order chi connectivity index (χ0) is 8.97. The van der Waals surface area contributed by atoms with E-state index < -0.39 is 6.48 Å². The summed E-state index contributed by atoms with van der Waals surface area (Å²) >= 11 is 0. The largest absolute Gasteiger partial charge is 0.441 e. The fourth-order valence-corrected chi connectivity index (χ4v) is 0.799. The number of rotatable bonds is 3. The number of aliphatic hydroxyl groups excluding tert-OH is 1. The predicted octanol–water partition coefficient (Wildman–Crippen LogP) is 0.146. The van der Waals surface area contributed by atoms with E-state index in [1.807, 2.05) is 0 Å². The van der Waals surface area contributed by atoms with Gasteiger partial charge in [0.2, 0.25) is 0 Å². The number of hydrogen-bond donors (Lipinski definition) is 2. The maximum absolute atomic E-state index is 10.4. The van der Waals surface area contributed by atoms with Crippen molar-refractivity contribution in [1.29, 1.82) is 0 Å². The number of benzene rings is 1. The first-order chi connectivity index (χ1) is 5.74. The minimum Gasteiger partial charge on any atom is -0.441 e. The van der Waals surface area contributed by atoms with E-state index in [2.05, 4.69) is 4.74 Å². The third kappa shape index (κ3) is 2.05. The minimum atomic E-state index is -1.90. The lowest BCUT2D eigenvalue weighted by Crippen LogP contribution is -2.14. The highest BCUT2D eigenvalue weighted by atomic mass is 16.7. The van der Waals surface area contributed by atoms with Gasteiger partial charge in [-0.25, -0.2) is 0 Å². The minimum absolute atomic E-state index is 0.155. The Bertz CT molecular complexity index is 270. The van der Waals surface area contributed by atoms with Crippen molar-refractivity contribution in [3.8, 4) is 5.75 Å². The van der Waals surface area contributed by atoms with Crippen LogP contribution in [0.25, 0.3) is 0 Å². The van der Waals surface area contributed by atoms with Crippen LogP contribution in [-0.2, 0) is 0 Å². The molecule has 1 rings (SSSR count). The van der Waals surface area contributed by atoms with Gasteiger partial charge in [-0.2, -0.15) is 0 Å². The third-order valence-corrected chi connectivity index (χ3v) is 1.28. The quantitative estimate of drug-likeness (QED) is 0.498. The fourth-order valence-electron chi connectivity index (χ4n) is 0.799. The summed E-state index contributed by atoms with van der Waals surface area (Å²) in [7, 11) is 0. The zero-order valence-corrected chi connectivity index (χ0v) is 6.18. The highest BCUT2D eigenvalue weighted by molar-refractivity contribution is 5.79. The van der Waals surface area contributed by atoms with E-state index in [-0.39, 0.29) is 11.3 Å². The molecule has 0 heterocycles. The van der Waals surface area contributed by atoms with Gasteiger partial charge in [0, 0.05) is 0 Å². The average molecular weight is 168 g/mol. The predicted molar refractivity (Wildman–Crippen MR) is 40.7 cm³/mol. The molecule has 0 unspecified atom stereocenters. The van der Waals surface area contributed by atoms with Crippen molar-refractivity contribution in [2.24, 2.45) is 0 Å². The number of aldehydes is 1. The zero-order valence-electron chi connectivity index (χ0n) is 6.18. The molecule has 0 spiro atoms. The highest BCUT2D eigenvalue weighted by Gasteiger charge is 2.04. The number of carbonyl (C=O) groups excluding carboxylic acids is 1. The average Bonchev–Trinajstić information content (AvgIpc) is 2.04. The van der Waals surface area contributed by atoms with Gasteiger partial charge in [-0.05, 0) is 12.1 Å². The number of para-hydroxylation sites is 1. The molecule has 0 saturated carbocycles. The molecular formula is C8H8O4. The van der Waals surface area contributed by atoms with Crippen LogP contribution in [0.1, 0.15) is 10.4 Å². The van der Waals surface area contributed by atoms with E-state index in [1.165, 1.54) is 12.1 Å². The van der Waals surface area contributed by atoms with Gasteiger partial charge in [-0.15, -0.1) is 0 Å². The number of hydrogen-bond acceptors (Lipinski definition) is 4. The Morgan fingerprint density at radius 2 is 2.00 bits per heavy atom. The van der Waals surface area contributed by atoms with Crippen LogP contribution in [0.4, 0.5) is 0 Å². The van der Waals surface area contributed by atoms with Gasteiger partial charge in [-0.1, -0.05) is 12.1 Å². The van der Waals surface area contributed by atoms with Crippen LogP contribution < -0.4 is 4.74 Å². The summed E-state index contributed by atoms with van der Waals surface area (Å²) in [5, 5.41) is 16.9. The summed E-state index contributed by atoms with van der Waals surface area (Å²) in [6.45, 7) is -1.90. The summed E-state index contributed by atoms with van der Waals surface area (Å²) in [6, 6.07) is 6.28. The molecule has 0 bridgehead atoms. The second-order valence-electron chi connectivity index (χ2n) is 2.10. The number of aliphatic hydroxyl groups is 2. The van der Waals surface area contributed by atoms with E-state index in [1.54, 1.807) is 12.1 Å². The summed E-state index contributed by atoms with van der Waals surface area (Å²) < 4.78 is 4.52. The first kappa shape index (κ1) is 8.70. The molecule has 0 aliphatic rings. The Morgan fingerprint density at radius 3 is 2.58 bits per heavy atom. The summed E-state index contributed by atoms with van der Waals surface area (Å²) in [5.41, 5.74) is 0.283. The smallest absolute Gasteiger partial charge is 0.310 e. The lowest BCUT2D eigenvalue weighted by atomic mass is 10.2. The first-order valence-corrected chi connectivity index (χ1v) is 3.31. The van der Waals surface area contributed by atoms with Crippen LogP contribution in [0.3, 0.4) is 0 Å². The van der Waals surface area contributed by atoms with Crippen LogP contribution in [-0.4, -0.2) is 23.0 Å². The van der Waals surface area contributed by atoms with Crippen molar-refractivity contribution in [3.63, 3.8) is 0 Å². The van der Waals surface area contributed by atoms with E-state index in [0.29, 0.717) is 6.29 Å². The Hall–Kier alpha value is -1.39. The van der Waals surface area contributed by atoms with Gasteiger partial charge >= 0.3 is 6.48 Å². The number of carbonyl (C=O) groups is 1. The van der Waals surface area contributed by atoms with Crippen molar-refractivity contribution in [2.75, 3.05) is 0 Å². The maximum Gasteiger partial charge on any atom is 0.310 e. The lowest BCUT2D eigenvalue weighted by Gasteiger charge is -2.08. The topological polar surface area (TPSA) is 66.8 Å². The molecule has 0 aromatic heterocycles. The van der Waals surface area contributed by atoms with Gasteiger partial charge in [0.25, 0.3) is 0 Å². The molecule has 1 aromatic rings. The molecule has 0 aliphatic carbocycles. The molecular weight excluding hydrogens is 160 g/mol. The van der Waals surface area contributed by atoms with Crippen LogP contribution in [0, 0.1) is 0 Å².